The first kappa shape index (κ1) is 28.0. The second-order valence-electron chi connectivity index (χ2n) is 8.77. The second kappa shape index (κ2) is 13.7. The summed E-state index contributed by atoms with van der Waals surface area (Å²) in [4.78, 5) is 27.5. The minimum absolute atomic E-state index is 0.233. The van der Waals surface area contributed by atoms with Crippen molar-refractivity contribution in [2.24, 2.45) is 0 Å². The van der Waals surface area contributed by atoms with E-state index >= 15 is 0 Å². The van der Waals surface area contributed by atoms with Crippen LogP contribution in [-0.2, 0) is 24.2 Å². The molecule has 0 aliphatic carbocycles. The van der Waals surface area contributed by atoms with Gasteiger partial charge in [-0.25, -0.2) is 0 Å². The highest BCUT2D eigenvalue weighted by molar-refractivity contribution is 14.1. The fraction of sp³-hybridized carbons (Fsp3) is 0.226. The molecule has 4 rings (SSSR count). The highest BCUT2D eigenvalue weighted by Gasteiger charge is 2.34. The molecule has 3 aromatic carbocycles. The third-order valence-electron chi connectivity index (χ3n) is 5.98. The first-order valence-electron chi connectivity index (χ1n) is 12.6. The Balaban J connectivity index is 1.52. The van der Waals surface area contributed by atoms with Gasteiger partial charge < -0.3 is 9.47 Å². The molecule has 0 N–H and O–H groups in total. The smallest absolute Gasteiger partial charge is 0.293 e. The van der Waals surface area contributed by atoms with Gasteiger partial charge in [0.1, 0.15) is 6.61 Å². The highest BCUT2D eigenvalue weighted by atomic mass is 127. The number of thioether (sulfide) groups is 1. The topological polar surface area (TPSA) is 55.8 Å². The zero-order valence-electron chi connectivity index (χ0n) is 21.3. The molecule has 7 heteroatoms. The molecule has 38 heavy (non-hydrogen) atoms. The van der Waals surface area contributed by atoms with Crippen LogP contribution in [0.5, 0.6) is 11.5 Å². The average Bonchev–Trinajstić information content (AvgIpc) is 3.17. The summed E-state index contributed by atoms with van der Waals surface area (Å²) in [5.41, 5.74) is 3.94. The molecule has 1 aliphatic rings. The van der Waals surface area contributed by atoms with Crippen LogP contribution in [0.25, 0.3) is 6.08 Å². The second-order valence-corrected chi connectivity index (χ2v) is 11.0. The van der Waals surface area contributed by atoms with Gasteiger partial charge in [-0.05, 0) is 108 Å². The van der Waals surface area contributed by atoms with Crippen LogP contribution in [0.15, 0.2) is 84.3 Å². The van der Waals surface area contributed by atoms with E-state index in [2.05, 4.69) is 41.3 Å². The van der Waals surface area contributed by atoms with Gasteiger partial charge >= 0.3 is 0 Å². The van der Waals surface area contributed by atoms with Crippen molar-refractivity contribution in [2.45, 2.75) is 32.8 Å². The molecule has 1 fully saturated rings. The molecule has 0 unspecified atom stereocenters. The van der Waals surface area contributed by atoms with Crippen molar-refractivity contribution in [3.8, 4) is 11.5 Å². The Bertz CT molecular complexity index is 1320. The Kier molecular flexibility index (Phi) is 10.1. The Morgan fingerprint density at radius 2 is 1.76 bits per heavy atom. The van der Waals surface area contributed by atoms with Crippen LogP contribution in [0.2, 0.25) is 0 Å². The van der Waals surface area contributed by atoms with Gasteiger partial charge in [-0.15, -0.1) is 6.58 Å². The molecule has 1 aliphatic heterocycles. The Hall–Kier alpha value is -3.04. The lowest BCUT2D eigenvalue weighted by Gasteiger charge is -2.17. The number of aryl methyl sites for hydroxylation is 1. The number of benzene rings is 3. The van der Waals surface area contributed by atoms with Crippen LogP contribution < -0.4 is 9.47 Å². The number of nitrogens with zero attached hydrogens (tertiary/aromatic N) is 1. The van der Waals surface area contributed by atoms with Gasteiger partial charge in [0.2, 0.25) is 0 Å². The number of amides is 2. The van der Waals surface area contributed by atoms with Crippen molar-refractivity contribution in [3.63, 3.8) is 0 Å². The van der Waals surface area contributed by atoms with Crippen LogP contribution in [0.4, 0.5) is 4.79 Å². The van der Waals surface area contributed by atoms with Gasteiger partial charge in [-0.3, -0.25) is 14.5 Å². The maximum Gasteiger partial charge on any atom is 0.293 e. The van der Waals surface area contributed by atoms with E-state index in [-0.39, 0.29) is 11.1 Å². The zero-order valence-corrected chi connectivity index (χ0v) is 24.3. The average molecular weight is 640 g/mol. The molecule has 5 nitrogen and oxygen atoms in total. The summed E-state index contributed by atoms with van der Waals surface area (Å²) in [5, 5.41) is -0.233. The number of imide groups is 1. The fourth-order valence-corrected chi connectivity index (χ4v) is 5.39. The number of hydrogen-bond acceptors (Lipinski definition) is 5. The number of carbonyl (C=O) groups is 2. The van der Waals surface area contributed by atoms with Gasteiger partial charge in [0.25, 0.3) is 11.1 Å². The molecule has 0 atom stereocenters. The molecule has 196 valence electrons. The van der Waals surface area contributed by atoms with Crippen molar-refractivity contribution >= 4 is 51.6 Å². The summed E-state index contributed by atoms with van der Waals surface area (Å²) in [5.74, 6) is 1.01. The standard InChI is InChI=1S/C31H30INO4S/c1-3-9-25-18-24(19-27(36-4-2)29(25)37-21-23-13-15-26(32)16-14-23)20-28-30(34)33(31(35)38-28)17-8-12-22-10-6-5-7-11-22/h3,5-7,10-11,13-16,18-20H,1,4,8-9,12,17,21H2,2H3/b28-20+. The van der Waals surface area contributed by atoms with E-state index in [0.29, 0.717) is 42.6 Å². The number of allylic oxidation sites excluding steroid dienone is 1. The molecule has 0 radical (unpaired) electrons. The number of rotatable bonds is 12. The van der Waals surface area contributed by atoms with Crippen molar-refractivity contribution < 1.29 is 19.1 Å². The summed E-state index contributed by atoms with van der Waals surface area (Å²) >= 11 is 3.26. The van der Waals surface area contributed by atoms with Gasteiger partial charge in [0, 0.05) is 15.7 Å². The first-order chi connectivity index (χ1) is 18.5. The van der Waals surface area contributed by atoms with Crippen LogP contribution >= 0.6 is 34.4 Å². The van der Waals surface area contributed by atoms with E-state index in [1.807, 2.05) is 67.6 Å². The lowest BCUT2D eigenvalue weighted by atomic mass is 10.0. The van der Waals surface area contributed by atoms with E-state index in [9.17, 15) is 9.59 Å². The molecule has 2 amide bonds. The molecule has 1 saturated heterocycles. The van der Waals surface area contributed by atoms with Crippen molar-refractivity contribution in [2.75, 3.05) is 13.2 Å². The highest BCUT2D eigenvalue weighted by Crippen LogP contribution is 2.38. The maximum absolute atomic E-state index is 13.1. The summed E-state index contributed by atoms with van der Waals surface area (Å²) in [6.07, 6.45) is 5.69. The summed E-state index contributed by atoms with van der Waals surface area (Å²) < 4.78 is 13.3. The summed E-state index contributed by atoms with van der Waals surface area (Å²) in [6.45, 7) is 7.08. The van der Waals surface area contributed by atoms with E-state index in [1.54, 1.807) is 6.08 Å². The molecule has 0 spiro atoms. The molecular formula is C31H30INO4S. The molecule has 1 heterocycles. The minimum atomic E-state index is -0.254. The number of carbonyl (C=O) groups excluding carboxylic acids is 2. The molecule has 0 bridgehead atoms. The van der Waals surface area contributed by atoms with E-state index in [1.165, 1.54) is 14.0 Å². The number of halogens is 1. The van der Waals surface area contributed by atoms with E-state index in [4.69, 9.17) is 9.47 Å². The van der Waals surface area contributed by atoms with Crippen LogP contribution in [0.1, 0.15) is 35.6 Å². The first-order valence-corrected chi connectivity index (χ1v) is 14.4. The third-order valence-corrected chi connectivity index (χ3v) is 7.60. The predicted molar refractivity (Wildman–Crippen MR) is 162 cm³/mol. The monoisotopic (exact) mass is 639 g/mol. The fourth-order valence-electron chi connectivity index (χ4n) is 4.17. The number of ether oxygens (including phenoxy) is 2. The van der Waals surface area contributed by atoms with Gasteiger partial charge in [-0.1, -0.05) is 48.5 Å². The lowest BCUT2D eigenvalue weighted by molar-refractivity contribution is -0.122. The van der Waals surface area contributed by atoms with Crippen LogP contribution in [-0.4, -0.2) is 29.2 Å². The molecule has 0 saturated carbocycles. The predicted octanol–water partition coefficient (Wildman–Crippen LogP) is 7.67. The van der Waals surface area contributed by atoms with Gasteiger partial charge in [0.05, 0.1) is 11.5 Å². The van der Waals surface area contributed by atoms with E-state index in [0.717, 1.165) is 41.3 Å². The number of hydrogen-bond donors (Lipinski definition) is 0. The van der Waals surface area contributed by atoms with Crippen molar-refractivity contribution in [1.29, 1.82) is 0 Å². The van der Waals surface area contributed by atoms with Gasteiger partial charge in [-0.2, -0.15) is 0 Å². The largest absolute Gasteiger partial charge is 0.490 e. The van der Waals surface area contributed by atoms with Crippen molar-refractivity contribution in [3.05, 3.63) is 110 Å². The lowest BCUT2D eigenvalue weighted by Crippen LogP contribution is -2.29. The van der Waals surface area contributed by atoms with Crippen LogP contribution in [0.3, 0.4) is 0 Å². The molecule has 0 aromatic heterocycles. The normalized spacial score (nSPS) is 14.3. The summed E-state index contributed by atoms with van der Waals surface area (Å²) in [7, 11) is 0. The van der Waals surface area contributed by atoms with E-state index < -0.39 is 0 Å². The quantitative estimate of drug-likeness (QED) is 0.116. The Morgan fingerprint density at radius 3 is 2.47 bits per heavy atom. The summed E-state index contributed by atoms with van der Waals surface area (Å²) in [6, 6.07) is 22.1. The third kappa shape index (κ3) is 7.29. The maximum atomic E-state index is 13.1. The van der Waals surface area contributed by atoms with Crippen molar-refractivity contribution in [1.82, 2.24) is 4.90 Å². The SMILES string of the molecule is C=CCc1cc(/C=C2/SC(=O)N(CCCc3ccccc3)C2=O)cc(OCC)c1OCc1ccc(I)cc1. The minimum Gasteiger partial charge on any atom is -0.490 e. The molecular weight excluding hydrogens is 609 g/mol. The molecule has 3 aromatic rings. The zero-order chi connectivity index (χ0) is 26.9. The Morgan fingerprint density at radius 1 is 1.00 bits per heavy atom. The van der Waals surface area contributed by atoms with Gasteiger partial charge in [0.15, 0.2) is 11.5 Å². The Labute approximate surface area is 242 Å². The van der Waals surface area contributed by atoms with Crippen LogP contribution in [0, 0.1) is 3.57 Å².